The highest BCUT2D eigenvalue weighted by molar-refractivity contribution is 7.11. The molecule has 0 aliphatic rings. The van der Waals surface area contributed by atoms with Crippen molar-refractivity contribution in [1.29, 1.82) is 0 Å². The van der Waals surface area contributed by atoms with Gasteiger partial charge in [0, 0.05) is 16.6 Å². The highest BCUT2D eigenvalue weighted by atomic mass is 32.1. The molecule has 1 unspecified atom stereocenters. The molecule has 0 aliphatic heterocycles. The number of alkyl halides is 3. The second-order valence-corrected chi connectivity index (χ2v) is 6.02. The third-order valence-electron chi connectivity index (χ3n) is 2.80. The molecule has 1 aromatic carbocycles. The SMILES string of the molecule is Cc1nc(C(C)Nc2cccc(OC(F)(F)F)c2)c(C)s1. The molecule has 114 valence electrons. The molecule has 0 bridgehead atoms. The lowest BCUT2D eigenvalue weighted by Gasteiger charge is -2.15. The molecule has 0 aliphatic carbocycles. The van der Waals surface area contributed by atoms with Crippen molar-refractivity contribution in [2.45, 2.75) is 33.2 Å². The van der Waals surface area contributed by atoms with Gasteiger partial charge in [0.15, 0.2) is 0 Å². The predicted octanol–water partition coefficient (Wildman–Crippen LogP) is 4.83. The van der Waals surface area contributed by atoms with E-state index in [2.05, 4.69) is 15.0 Å². The Morgan fingerprint density at radius 2 is 2.00 bits per heavy atom. The first-order valence-corrected chi connectivity index (χ1v) is 7.12. The summed E-state index contributed by atoms with van der Waals surface area (Å²) in [6, 6.07) is 5.68. The van der Waals surface area contributed by atoms with Crippen molar-refractivity contribution in [2.75, 3.05) is 5.32 Å². The Kier molecular flexibility index (Phi) is 4.41. The van der Waals surface area contributed by atoms with E-state index in [0.29, 0.717) is 5.69 Å². The van der Waals surface area contributed by atoms with E-state index in [9.17, 15) is 13.2 Å². The summed E-state index contributed by atoms with van der Waals surface area (Å²) >= 11 is 1.59. The van der Waals surface area contributed by atoms with E-state index >= 15 is 0 Å². The van der Waals surface area contributed by atoms with Gasteiger partial charge in [-0.1, -0.05) is 6.07 Å². The lowest BCUT2D eigenvalue weighted by molar-refractivity contribution is -0.274. The van der Waals surface area contributed by atoms with Crippen molar-refractivity contribution in [3.05, 3.63) is 39.8 Å². The molecule has 0 fully saturated rings. The summed E-state index contributed by atoms with van der Waals surface area (Å²) in [6.07, 6.45) is -4.69. The van der Waals surface area contributed by atoms with Crippen LogP contribution in [0.5, 0.6) is 5.75 Å². The van der Waals surface area contributed by atoms with Crippen LogP contribution in [0.2, 0.25) is 0 Å². The van der Waals surface area contributed by atoms with Gasteiger partial charge in [-0.25, -0.2) is 4.98 Å². The molecule has 0 saturated heterocycles. The maximum Gasteiger partial charge on any atom is 0.573 e. The number of thiazole rings is 1. The van der Waals surface area contributed by atoms with Crippen LogP contribution in [-0.2, 0) is 0 Å². The standard InChI is InChI=1S/C14H15F3N2OS/c1-8(13-9(2)21-10(3)19-13)18-11-5-4-6-12(7-11)20-14(15,16)17/h4-8,18H,1-3H3. The van der Waals surface area contributed by atoms with E-state index in [1.165, 1.54) is 18.2 Å². The Morgan fingerprint density at radius 1 is 1.29 bits per heavy atom. The zero-order chi connectivity index (χ0) is 15.6. The molecule has 2 rings (SSSR count). The first-order valence-electron chi connectivity index (χ1n) is 6.31. The van der Waals surface area contributed by atoms with Gasteiger partial charge in [0.2, 0.25) is 0 Å². The number of hydrogen-bond acceptors (Lipinski definition) is 4. The maximum absolute atomic E-state index is 12.2. The van der Waals surface area contributed by atoms with E-state index in [4.69, 9.17) is 0 Å². The minimum atomic E-state index is -4.69. The fourth-order valence-electron chi connectivity index (χ4n) is 2.05. The third kappa shape index (κ3) is 4.35. The number of halogens is 3. The van der Waals surface area contributed by atoms with Crippen LogP contribution in [-0.4, -0.2) is 11.3 Å². The number of benzene rings is 1. The van der Waals surface area contributed by atoms with Crippen molar-refractivity contribution in [3.8, 4) is 5.75 Å². The van der Waals surface area contributed by atoms with Crippen molar-refractivity contribution >= 4 is 17.0 Å². The Balaban J connectivity index is 2.12. The molecule has 3 nitrogen and oxygen atoms in total. The minimum absolute atomic E-state index is 0.101. The van der Waals surface area contributed by atoms with E-state index in [0.717, 1.165) is 15.6 Å². The zero-order valence-electron chi connectivity index (χ0n) is 11.8. The van der Waals surface area contributed by atoms with Crippen molar-refractivity contribution in [3.63, 3.8) is 0 Å². The van der Waals surface area contributed by atoms with Gasteiger partial charge in [0.05, 0.1) is 16.7 Å². The van der Waals surface area contributed by atoms with Crippen molar-refractivity contribution < 1.29 is 17.9 Å². The summed E-state index contributed by atoms with van der Waals surface area (Å²) in [5.74, 6) is -0.245. The molecular weight excluding hydrogens is 301 g/mol. The summed E-state index contributed by atoms with van der Waals surface area (Å²) < 4.78 is 40.5. The van der Waals surface area contributed by atoms with Crippen molar-refractivity contribution in [2.24, 2.45) is 0 Å². The molecule has 21 heavy (non-hydrogen) atoms. The fourth-order valence-corrected chi connectivity index (χ4v) is 2.96. The number of aryl methyl sites for hydroxylation is 2. The van der Waals surface area contributed by atoms with Crippen LogP contribution in [0.1, 0.15) is 28.5 Å². The van der Waals surface area contributed by atoms with Gasteiger partial charge in [-0.2, -0.15) is 0 Å². The number of anilines is 1. The molecule has 7 heteroatoms. The molecule has 0 amide bonds. The van der Waals surface area contributed by atoms with Gasteiger partial charge in [0.25, 0.3) is 0 Å². The van der Waals surface area contributed by atoms with E-state index in [1.807, 2.05) is 20.8 Å². The first kappa shape index (κ1) is 15.6. The van der Waals surface area contributed by atoms with Crippen LogP contribution in [0.15, 0.2) is 24.3 Å². The molecule has 1 heterocycles. The number of nitrogens with zero attached hydrogens (tertiary/aromatic N) is 1. The van der Waals surface area contributed by atoms with Gasteiger partial charge in [-0.15, -0.1) is 24.5 Å². The number of rotatable bonds is 4. The number of nitrogens with one attached hydrogen (secondary N) is 1. The number of ether oxygens (including phenoxy) is 1. The summed E-state index contributed by atoms with van der Waals surface area (Å²) in [5, 5.41) is 4.10. The topological polar surface area (TPSA) is 34.2 Å². The Labute approximate surface area is 124 Å². The second-order valence-electron chi connectivity index (χ2n) is 4.62. The highest BCUT2D eigenvalue weighted by Crippen LogP contribution is 2.28. The highest BCUT2D eigenvalue weighted by Gasteiger charge is 2.31. The molecule has 1 aromatic heterocycles. The summed E-state index contributed by atoms with van der Waals surface area (Å²) in [7, 11) is 0. The smallest absolute Gasteiger partial charge is 0.406 e. The molecule has 0 radical (unpaired) electrons. The van der Waals surface area contributed by atoms with Crippen LogP contribution in [0.4, 0.5) is 18.9 Å². The van der Waals surface area contributed by atoms with Crippen molar-refractivity contribution in [1.82, 2.24) is 4.98 Å². The van der Waals surface area contributed by atoms with Gasteiger partial charge in [0.1, 0.15) is 5.75 Å². The fraction of sp³-hybridized carbons (Fsp3) is 0.357. The first-order chi connectivity index (χ1) is 9.74. The maximum atomic E-state index is 12.2. The number of hydrogen-bond donors (Lipinski definition) is 1. The summed E-state index contributed by atoms with van der Waals surface area (Å²) in [5.41, 5.74) is 1.45. The predicted molar refractivity (Wildman–Crippen MR) is 76.8 cm³/mol. The molecule has 0 spiro atoms. The lowest BCUT2D eigenvalue weighted by atomic mass is 10.2. The average Bonchev–Trinajstić information content (AvgIpc) is 2.66. The normalized spacial score (nSPS) is 13.0. The van der Waals surface area contributed by atoms with E-state index in [1.54, 1.807) is 17.4 Å². The molecule has 1 atom stereocenters. The van der Waals surface area contributed by atoms with Gasteiger partial charge < -0.3 is 10.1 Å². The Bertz CT molecular complexity index is 625. The molecule has 2 aromatic rings. The minimum Gasteiger partial charge on any atom is -0.406 e. The molecule has 0 saturated carbocycles. The van der Waals surface area contributed by atoms with Gasteiger partial charge in [-0.3, -0.25) is 0 Å². The Morgan fingerprint density at radius 3 is 2.57 bits per heavy atom. The van der Waals surface area contributed by atoms with Crippen LogP contribution in [0, 0.1) is 13.8 Å². The third-order valence-corrected chi connectivity index (χ3v) is 3.70. The number of aromatic nitrogens is 1. The van der Waals surface area contributed by atoms with Crippen LogP contribution < -0.4 is 10.1 Å². The van der Waals surface area contributed by atoms with Crippen LogP contribution in [0.25, 0.3) is 0 Å². The quantitative estimate of drug-likeness (QED) is 0.877. The second kappa shape index (κ2) is 5.93. The largest absolute Gasteiger partial charge is 0.573 e. The molecular formula is C14H15F3N2OS. The summed E-state index contributed by atoms with van der Waals surface area (Å²) in [4.78, 5) is 5.53. The van der Waals surface area contributed by atoms with Crippen LogP contribution >= 0.6 is 11.3 Å². The average molecular weight is 316 g/mol. The molecule has 1 N–H and O–H groups in total. The van der Waals surface area contributed by atoms with E-state index < -0.39 is 6.36 Å². The van der Waals surface area contributed by atoms with E-state index in [-0.39, 0.29) is 11.8 Å². The van der Waals surface area contributed by atoms with Crippen LogP contribution in [0.3, 0.4) is 0 Å². The van der Waals surface area contributed by atoms with Gasteiger partial charge in [-0.05, 0) is 32.9 Å². The monoisotopic (exact) mass is 316 g/mol. The lowest BCUT2D eigenvalue weighted by Crippen LogP contribution is -2.17. The zero-order valence-corrected chi connectivity index (χ0v) is 12.6. The Hall–Kier alpha value is -1.76. The van der Waals surface area contributed by atoms with Gasteiger partial charge >= 0.3 is 6.36 Å². The summed E-state index contributed by atoms with van der Waals surface area (Å²) in [6.45, 7) is 5.81.